The van der Waals surface area contributed by atoms with Gasteiger partial charge in [-0.15, -0.1) is 0 Å². The van der Waals surface area contributed by atoms with Crippen LogP contribution in [0.1, 0.15) is 5.56 Å². The molecule has 15 heavy (non-hydrogen) atoms. The second-order valence-electron chi connectivity index (χ2n) is 2.68. The Hall–Kier alpha value is -2.04. The van der Waals surface area contributed by atoms with E-state index < -0.39 is 23.4 Å². The molecular weight excluding hydrogens is 206 g/mol. The molecule has 0 aromatic heterocycles. The predicted octanol–water partition coefficient (Wildman–Crippen LogP) is 1.63. The summed E-state index contributed by atoms with van der Waals surface area (Å²) in [5, 5.41) is 8.22. The first-order chi connectivity index (χ1) is 7.00. The molecular formula is C10H6F2O3. The normalized spacial score (nSPS) is 10.5. The Balaban J connectivity index is 2.86. The maximum absolute atomic E-state index is 12.7. The number of carbonyl (C=O) groups is 2. The summed E-state index contributed by atoms with van der Waals surface area (Å²) < 4.78 is 25.1. The van der Waals surface area contributed by atoms with Crippen molar-refractivity contribution < 1.29 is 23.5 Å². The number of halogens is 2. The topological polar surface area (TPSA) is 54.4 Å². The third kappa shape index (κ3) is 2.98. The van der Waals surface area contributed by atoms with Crippen molar-refractivity contribution in [2.24, 2.45) is 0 Å². The van der Waals surface area contributed by atoms with E-state index in [-0.39, 0.29) is 5.56 Å². The van der Waals surface area contributed by atoms with E-state index in [2.05, 4.69) is 0 Å². The summed E-state index contributed by atoms with van der Waals surface area (Å²) in [4.78, 5) is 20.7. The van der Waals surface area contributed by atoms with Crippen LogP contribution in [0.3, 0.4) is 0 Å². The summed E-state index contributed by atoms with van der Waals surface area (Å²) >= 11 is 0. The molecule has 0 bridgehead atoms. The minimum atomic E-state index is -1.60. The number of rotatable bonds is 3. The molecule has 0 aliphatic heterocycles. The second-order valence-corrected chi connectivity index (χ2v) is 2.68. The molecule has 0 radical (unpaired) electrons. The number of hydrogen-bond acceptors (Lipinski definition) is 2. The molecule has 0 aliphatic carbocycles. The zero-order chi connectivity index (χ0) is 11.4. The highest BCUT2D eigenvalue weighted by Gasteiger charge is 2.06. The van der Waals surface area contributed by atoms with Gasteiger partial charge in [0.05, 0.1) is 0 Å². The van der Waals surface area contributed by atoms with Crippen LogP contribution in [0.2, 0.25) is 0 Å². The van der Waals surface area contributed by atoms with Crippen molar-refractivity contribution in [3.8, 4) is 0 Å². The SMILES string of the molecule is O=C(O)C(=O)/C=C/c1ccc(F)c(F)c1. The van der Waals surface area contributed by atoms with Gasteiger partial charge in [0.25, 0.3) is 5.78 Å². The number of ketones is 1. The summed E-state index contributed by atoms with van der Waals surface area (Å²) in [5.41, 5.74) is 0.212. The van der Waals surface area contributed by atoms with Crippen molar-refractivity contribution in [2.75, 3.05) is 0 Å². The molecule has 5 heteroatoms. The van der Waals surface area contributed by atoms with Gasteiger partial charge < -0.3 is 5.11 Å². The Morgan fingerprint density at radius 2 is 1.87 bits per heavy atom. The molecule has 0 unspecified atom stereocenters. The lowest BCUT2D eigenvalue weighted by atomic mass is 10.2. The first-order valence-corrected chi connectivity index (χ1v) is 3.91. The average Bonchev–Trinajstić information content (AvgIpc) is 2.19. The molecule has 1 aromatic rings. The minimum absolute atomic E-state index is 0.212. The van der Waals surface area contributed by atoms with E-state index in [1.807, 2.05) is 0 Å². The van der Waals surface area contributed by atoms with Gasteiger partial charge in [0.1, 0.15) is 0 Å². The number of benzene rings is 1. The molecule has 0 aliphatic rings. The van der Waals surface area contributed by atoms with E-state index in [0.29, 0.717) is 0 Å². The van der Waals surface area contributed by atoms with Crippen molar-refractivity contribution in [1.82, 2.24) is 0 Å². The first kappa shape index (κ1) is 11.0. The second kappa shape index (κ2) is 4.45. The van der Waals surface area contributed by atoms with Crippen LogP contribution in [0.15, 0.2) is 24.3 Å². The zero-order valence-electron chi connectivity index (χ0n) is 7.41. The molecule has 3 nitrogen and oxygen atoms in total. The minimum Gasteiger partial charge on any atom is -0.475 e. The van der Waals surface area contributed by atoms with E-state index in [4.69, 9.17) is 5.11 Å². The van der Waals surface area contributed by atoms with Crippen molar-refractivity contribution in [2.45, 2.75) is 0 Å². The van der Waals surface area contributed by atoms with Gasteiger partial charge in [-0.2, -0.15) is 0 Å². The van der Waals surface area contributed by atoms with E-state index in [9.17, 15) is 18.4 Å². The lowest BCUT2D eigenvalue weighted by molar-refractivity contribution is -0.146. The number of carboxylic acids is 1. The first-order valence-electron chi connectivity index (χ1n) is 3.91. The highest BCUT2D eigenvalue weighted by Crippen LogP contribution is 2.09. The smallest absolute Gasteiger partial charge is 0.376 e. The summed E-state index contributed by atoms with van der Waals surface area (Å²) in [7, 11) is 0. The van der Waals surface area contributed by atoms with Gasteiger partial charge in [0.15, 0.2) is 11.6 Å². The molecule has 78 valence electrons. The van der Waals surface area contributed by atoms with Gasteiger partial charge >= 0.3 is 5.97 Å². The summed E-state index contributed by atoms with van der Waals surface area (Å²) in [6.07, 6.45) is 1.87. The maximum atomic E-state index is 12.7. The third-order valence-corrected chi connectivity index (χ3v) is 1.58. The van der Waals surface area contributed by atoms with Gasteiger partial charge in [-0.1, -0.05) is 12.1 Å². The van der Waals surface area contributed by atoms with Crippen LogP contribution in [-0.4, -0.2) is 16.9 Å². The van der Waals surface area contributed by atoms with Crippen LogP contribution in [0.25, 0.3) is 6.08 Å². The zero-order valence-corrected chi connectivity index (χ0v) is 7.41. The highest BCUT2D eigenvalue weighted by atomic mass is 19.2. The number of carbonyl (C=O) groups excluding carboxylic acids is 1. The summed E-state index contributed by atoms with van der Waals surface area (Å²) in [5.74, 6) is -4.79. The van der Waals surface area contributed by atoms with Crippen LogP contribution in [0.4, 0.5) is 8.78 Å². The fraction of sp³-hybridized carbons (Fsp3) is 0. The molecule has 1 rings (SSSR count). The quantitative estimate of drug-likeness (QED) is 0.612. The standard InChI is InChI=1S/C10H6F2O3/c11-7-3-1-6(5-8(7)12)2-4-9(13)10(14)15/h1-5H,(H,14,15)/b4-2+. The molecule has 0 saturated heterocycles. The monoisotopic (exact) mass is 212 g/mol. The number of carboxylic acid groups (broad SMARTS) is 1. The Labute approximate surface area is 83.6 Å². The Kier molecular flexibility index (Phi) is 3.28. The van der Waals surface area contributed by atoms with E-state index in [1.165, 1.54) is 6.07 Å². The molecule has 0 amide bonds. The van der Waals surface area contributed by atoms with Crippen LogP contribution in [0, 0.1) is 11.6 Å². The lowest BCUT2D eigenvalue weighted by Crippen LogP contribution is -2.08. The Bertz CT molecular complexity index is 438. The maximum Gasteiger partial charge on any atom is 0.376 e. The summed E-state index contributed by atoms with van der Waals surface area (Å²) in [6.45, 7) is 0. The molecule has 0 saturated carbocycles. The molecule has 1 N–H and O–H groups in total. The van der Waals surface area contributed by atoms with Gasteiger partial charge in [0, 0.05) is 0 Å². The van der Waals surface area contributed by atoms with Gasteiger partial charge in [-0.25, -0.2) is 13.6 Å². The number of hydrogen-bond donors (Lipinski definition) is 1. The van der Waals surface area contributed by atoms with Crippen molar-refractivity contribution in [3.05, 3.63) is 41.5 Å². The number of aliphatic carboxylic acids is 1. The van der Waals surface area contributed by atoms with Crippen molar-refractivity contribution in [1.29, 1.82) is 0 Å². The third-order valence-electron chi connectivity index (χ3n) is 1.58. The molecule has 0 fully saturated rings. The van der Waals surface area contributed by atoms with Gasteiger partial charge in [-0.05, 0) is 23.8 Å². The average molecular weight is 212 g/mol. The highest BCUT2D eigenvalue weighted by molar-refractivity contribution is 6.38. The van der Waals surface area contributed by atoms with E-state index in [0.717, 1.165) is 24.3 Å². The van der Waals surface area contributed by atoms with Crippen LogP contribution in [0.5, 0.6) is 0 Å². The van der Waals surface area contributed by atoms with E-state index >= 15 is 0 Å². The Morgan fingerprint density at radius 3 is 2.40 bits per heavy atom. The molecule has 0 atom stereocenters. The van der Waals surface area contributed by atoms with Crippen molar-refractivity contribution in [3.63, 3.8) is 0 Å². The largest absolute Gasteiger partial charge is 0.475 e. The van der Waals surface area contributed by atoms with Crippen LogP contribution < -0.4 is 0 Å². The van der Waals surface area contributed by atoms with Crippen molar-refractivity contribution >= 4 is 17.8 Å². The molecule has 0 heterocycles. The van der Waals surface area contributed by atoms with Crippen LogP contribution in [-0.2, 0) is 9.59 Å². The Morgan fingerprint density at radius 1 is 1.20 bits per heavy atom. The van der Waals surface area contributed by atoms with E-state index in [1.54, 1.807) is 0 Å². The van der Waals surface area contributed by atoms with Gasteiger partial charge in [-0.3, -0.25) is 4.79 Å². The fourth-order valence-electron chi connectivity index (χ4n) is 0.859. The lowest BCUT2D eigenvalue weighted by Gasteiger charge is -1.94. The summed E-state index contributed by atoms with van der Waals surface area (Å²) in [6, 6.07) is 2.98. The molecule has 1 aromatic carbocycles. The predicted molar refractivity (Wildman–Crippen MR) is 48.0 cm³/mol. The van der Waals surface area contributed by atoms with Crippen LogP contribution >= 0.6 is 0 Å². The van der Waals surface area contributed by atoms with Gasteiger partial charge in [0.2, 0.25) is 0 Å². The molecule has 0 spiro atoms. The fourth-order valence-corrected chi connectivity index (χ4v) is 0.859.